The van der Waals surface area contributed by atoms with Gasteiger partial charge in [0, 0.05) is 52.7 Å². The number of aliphatic hydroxyl groups is 1. The third-order valence-electron chi connectivity index (χ3n) is 5.57. The molecule has 0 bridgehead atoms. The SMILES string of the molecule is Cn1cc(-c2cc3c(-c4cccc(NC(=O)c5nccs5)c4CO)ccc(C(N)=O)c3[nH]2)cn1. The van der Waals surface area contributed by atoms with Crippen LogP contribution in [-0.2, 0) is 13.7 Å². The number of hydrogen-bond acceptors (Lipinski definition) is 6. The Kier molecular flexibility index (Phi) is 5.44. The lowest BCUT2D eigenvalue weighted by Gasteiger charge is -2.15. The van der Waals surface area contributed by atoms with Gasteiger partial charge in [0.1, 0.15) is 0 Å². The first-order valence-corrected chi connectivity index (χ1v) is 11.2. The van der Waals surface area contributed by atoms with Gasteiger partial charge < -0.3 is 21.1 Å². The van der Waals surface area contributed by atoms with Crippen LogP contribution in [0.5, 0.6) is 0 Å². The van der Waals surface area contributed by atoms with E-state index in [4.69, 9.17) is 5.73 Å². The van der Waals surface area contributed by atoms with Crippen LogP contribution >= 0.6 is 11.3 Å². The summed E-state index contributed by atoms with van der Waals surface area (Å²) in [6.45, 7) is -0.303. The lowest BCUT2D eigenvalue weighted by atomic mass is 9.94. The molecule has 0 radical (unpaired) electrons. The molecule has 0 aliphatic heterocycles. The average Bonchev–Trinajstić information content (AvgIpc) is 3.58. The number of thiazole rings is 1. The molecule has 0 saturated carbocycles. The third kappa shape index (κ3) is 3.74. The van der Waals surface area contributed by atoms with Crippen LogP contribution in [0.4, 0.5) is 5.69 Å². The van der Waals surface area contributed by atoms with Crippen molar-refractivity contribution in [2.24, 2.45) is 12.8 Å². The standard InChI is InChI=1S/C24H20N6O3S/c1-30-11-13(10-27-30)20-9-17-15(5-6-16(22(25)32)21(17)28-20)14-3-2-4-19(18(14)12-31)29-23(33)24-26-7-8-34-24/h2-11,28,31H,12H2,1H3,(H2,25,32)(H,29,33). The number of carbonyl (C=O) groups excluding carboxylic acids is 2. The molecule has 0 aliphatic carbocycles. The van der Waals surface area contributed by atoms with Crippen molar-refractivity contribution in [3.63, 3.8) is 0 Å². The molecule has 2 amide bonds. The lowest BCUT2D eigenvalue weighted by Crippen LogP contribution is -2.13. The van der Waals surface area contributed by atoms with Crippen LogP contribution < -0.4 is 11.1 Å². The Hall–Kier alpha value is -4.28. The second kappa shape index (κ2) is 8.58. The molecule has 0 unspecified atom stereocenters. The molecule has 5 aromatic rings. The second-order valence-electron chi connectivity index (χ2n) is 7.68. The topological polar surface area (TPSA) is 139 Å². The first-order chi connectivity index (χ1) is 16.5. The van der Waals surface area contributed by atoms with Crippen LogP contribution in [0.3, 0.4) is 0 Å². The summed E-state index contributed by atoms with van der Waals surface area (Å²) >= 11 is 1.23. The highest BCUT2D eigenvalue weighted by molar-refractivity contribution is 7.11. The number of fused-ring (bicyclic) bond motifs is 1. The van der Waals surface area contributed by atoms with E-state index in [1.165, 1.54) is 11.3 Å². The Bertz CT molecular complexity index is 1530. The summed E-state index contributed by atoms with van der Waals surface area (Å²) in [6, 6.07) is 10.8. The van der Waals surface area contributed by atoms with E-state index < -0.39 is 5.91 Å². The molecule has 2 aromatic carbocycles. The number of aromatic amines is 1. The molecule has 0 atom stereocenters. The van der Waals surface area contributed by atoms with Crippen LogP contribution in [0.25, 0.3) is 33.3 Å². The predicted molar refractivity (Wildman–Crippen MR) is 130 cm³/mol. The zero-order chi connectivity index (χ0) is 23.8. The number of carbonyl (C=O) groups is 2. The molecule has 0 aliphatic rings. The van der Waals surface area contributed by atoms with E-state index in [0.717, 1.165) is 27.8 Å². The summed E-state index contributed by atoms with van der Waals surface area (Å²) in [5, 5.41) is 20.1. The number of anilines is 1. The highest BCUT2D eigenvalue weighted by Gasteiger charge is 2.19. The lowest BCUT2D eigenvalue weighted by molar-refractivity contribution is 0.0998. The molecule has 0 spiro atoms. The van der Waals surface area contributed by atoms with Crippen molar-refractivity contribution in [3.8, 4) is 22.4 Å². The van der Waals surface area contributed by atoms with E-state index in [1.54, 1.807) is 46.7 Å². The first kappa shape index (κ1) is 21.6. The Balaban J connectivity index is 1.67. The molecule has 0 fully saturated rings. The van der Waals surface area contributed by atoms with Crippen LogP contribution in [0, 0.1) is 0 Å². The predicted octanol–water partition coefficient (Wildman–Crippen LogP) is 3.54. The van der Waals surface area contributed by atoms with E-state index in [9.17, 15) is 14.7 Å². The van der Waals surface area contributed by atoms with E-state index in [1.807, 2.05) is 25.4 Å². The number of nitrogens with zero attached hydrogens (tertiary/aromatic N) is 3. The molecular formula is C24H20N6O3S. The van der Waals surface area contributed by atoms with Gasteiger partial charge >= 0.3 is 0 Å². The number of H-pyrrole nitrogens is 1. The minimum absolute atomic E-state index is 0.303. The number of nitrogens with two attached hydrogens (primary N) is 1. The summed E-state index contributed by atoms with van der Waals surface area (Å²) in [5.41, 5.74) is 10.7. The van der Waals surface area contributed by atoms with Crippen molar-refractivity contribution in [2.45, 2.75) is 6.61 Å². The Morgan fingerprint density at radius 1 is 1.24 bits per heavy atom. The molecule has 3 aromatic heterocycles. The number of amides is 2. The molecule has 5 N–H and O–H groups in total. The number of nitrogens with one attached hydrogen (secondary N) is 2. The van der Waals surface area contributed by atoms with Crippen LogP contribution in [0.2, 0.25) is 0 Å². The smallest absolute Gasteiger partial charge is 0.284 e. The number of rotatable bonds is 6. The molecule has 0 saturated heterocycles. The number of primary amides is 1. The van der Waals surface area contributed by atoms with E-state index in [2.05, 4.69) is 20.4 Å². The van der Waals surface area contributed by atoms with E-state index in [-0.39, 0.29) is 12.5 Å². The van der Waals surface area contributed by atoms with Crippen molar-refractivity contribution in [2.75, 3.05) is 5.32 Å². The summed E-state index contributed by atoms with van der Waals surface area (Å²) in [5.74, 6) is -0.903. The number of hydrogen-bond donors (Lipinski definition) is 4. The number of aliphatic hydroxyl groups excluding tert-OH is 1. The van der Waals surface area contributed by atoms with E-state index >= 15 is 0 Å². The molecule has 5 rings (SSSR count). The van der Waals surface area contributed by atoms with Crippen molar-refractivity contribution in [1.29, 1.82) is 0 Å². The molecular weight excluding hydrogens is 452 g/mol. The first-order valence-electron chi connectivity index (χ1n) is 10.3. The number of aromatic nitrogens is 4. The van der Waals surface area contributed by atoms with Gasteiger partial charge in [-0.05, 0) is 29.3 Å². The van der Waals surface area contributed by atoms with Gasteiger partial charge in [-0.2, -0.15) is 5.10 Å². The minimum atomic E-state index is -0.553. The fraction of sp³-hybridized carbons (Fsp3) is 0.0833. The zero-order valence-corrected chi connectivity index (χ0v) is 18.9. The van der Waals surface area contributed by atoms with Gasteiger partial charge in [-0.25, -0.2) is 4.98 Å². The van der Waals surface area contributed by atoms with Crippen molar-refractivity contribution < 1.29 is 14.7 Å². The zero-order valence-electron chi connectivity index (χ0n) is 18.1. The van der Waals surface area contributed by atoms with Crippen molar-refractivity contribution in [3.05, 3.63) is 76.5 Å². The Morgan fingerprint density at radius 2 is 2.09 bits per heavy atom. The van der Waals surface area contributed by atoms with Gasteiger partial charge in [0.2, 0.25) is 0 Å². The third-order valence-corrected chi connectivity index (χ3v) is 6.35. The Labute approximate surface area is 197 Å². The monoisotopic (exact) mass is 472 g/mol. The van der Waals surface area contributed by atoms with Crippen LogP contribution in [0.15, 0.2) is 60.4 Å². The fourth-order valence-electron chi connectivity index (χ4n) is 4.01. The molecule has 34 heavy (non-hydrogen) atoms. The van der Waals surface area contributed by atoms with Gasteiger partial charge in [0.15, 0.2) is 5.01 Å². The van der Waals surface area contributed by atoms with Gasteiger partial charge in [-0.1, -0.05) is 18.2 Å². The maximum Gasteiger partial charge on any atom is 0.284 e. The minimum Gasteiger partial charge on any atom is -0.392 e. The quantitative estimate of drug-likeness (QED) is 0.299. The molecule has 170 valence electrons. The van der Waals surface area contributed by atoms with Crippen LogP contribution in [-0.4, -0.2) is 36.7 Å². The molecule has 3 heterocycles. The van der Waals surface area contributed by atoms with Gasteiger partial charge in [0.05, 0.1) is 23.9 Å². The summed E-state index contributed by atoms with van der Waals surface area (Å²) in [7, 11) is 1.82. The number of benzene rings is 2. The summed E-state index contributed by atoms with van der Waals surface area (Å²) in [4.78, 5) is 32.0. The molecule has 9 nitrogen and oxygen atoms in total. The summed E-state index contributed by atoms with van der Waals surface area (Å²) < 4.78 is 1.69. The highest BCUT2D eigenvalue weighted by Crippen LogP contribution is 2.37. The highest BCUT2D eigenvalue weighted by atomic mass is 32.1. The normalized spacial score (nSPS) is 11.1. The summed E-state index contributed by atoms with van der Waals surface area (Å²) in [6.07, 6.45) is 5.15. The fourth-order valence-corrected chi connectivity index (χ4v) is 4.54. The van der Waals surface area contributed by atoms with Gasteiger partial charge in [0.25, 0.3) is 11.8 Å². The molecule has 10 heteroatoms. The largest absolute Gasteiger partial charge is 0.392 e. The maximum absolute atomic E-state index is 12.6. The second-order valence-corrected chi connectivity index (χ2v) is 8.58. The van der Waals surface area contributed by atoms with Gasteiger partial charge in [-0.15, -0.1) is 11.3 Å². The van der Waals surface area contributed by atoms with Crippen molar-refractivity contribution in [1.82, 2.24) is 19.7 Å². The average molecular weight is 473 g/mol. The number of aryl methyl sites for hydroxylation is 1. The van der Waals surface area contributed by atoms with Crippen LogP contribution in [0.1, 0.15) is 25.7 Å². The van der Waals surface area contributed by atoms with Gasteiger partial charge in [-0.3, -0.25) is 14.3 Å². The Morgan fingerprint density at radius 3 is 2.76 bits per heavy atom. The van der Waals surface area contributed by atoms with E-state index in [0.29, 0.717) is 27.3 Å². The maximum atomic E-state index is 12.6. The van der Waals surface area contributed by atoms with Crippen molar-refractivity contribution >= 4 is 39.7 Å².